The Morgan fingerprint density at radius 1 is 1.07 bits per heavy atom. The van der Waals surface area contributed by atoms with Gasteiger partial charge >= 0.3 is 11.9 Å². The highest BCUT2D eigenvalue weighted by atomic mass is 32.1. The highest BCUT2D eigenvalue weighted by Gasteiger charge is 2.29. The second kappa shape index (κ2) is 9.51. The number of furan rings is 1. The van der Waals surface area contributed by atoms with Crippen molar-refractivity contribution in [3.63, 3.8) is 0 Å². The molecule has 2 aromatic heterocycles. The first-order valence-electron chi connectivity index (χ1n) is 9.07. The van der Waals surface area contributed by atoms with Gasteiger partial charge in [0.1, 0.15) is 16.2 Å². The zero-order valence-corrected chi connectivity index (χ0v) is 17.8. The second-order valence-electron chi connectivity index (χ2n) is 6.21. The third-order valence-electron chi connectivity index (χ3n) is 4.05. The van der Waals surface area contributed by atoms with E-state index in [1.54, 1.807) is 13.0 Å². The first-order chi connectivity index (χ1) is 13.7. The minimum Gasteiger partial charge on any atom is -0.462 e. The Balaban J connectivity index is 2.12. The van der Waals surface area contributed by atoms with Crippen LogP contribution in [0.25, 0.3) is 0 Å². The molecular formula is C20H23NO7S. The summed E-state index contributed by atoms with van der Waals surface area (Å²) in [5.41, 5.74) is 0.880. The van der Waals surface area contributed by atoms with Crippen LogP contribution in [0.5, 0.6) is 0 Å². The monoisotopic (exact) mass is 421 g/mol. The van der Waals surface area contributed by atoms with Crippen LogP contribution in [-0.4, -0.2) is 36.8 Å². The number of Topliss-reactive ketones (excluding diaryl/α,β-unsaturated/α-hetero) is 1. The Hall–Kier alpha value is -2.94. The standard InChI is InChI=1S/C20H23NO7S/c1-6-13-10(3)8-14(29-13)19(24)27-9-15(23)21-18-17(20(25)26-7-2)16(11(4)22)12(5)28-18/h8H,6-7,9H2,1-5H3,(H,21,23). The molecule has 0 bridgehead atoms. The van der Waals surface area contributed by atoms with Gasteiger partial charge in [0.25, 0.3) is 5.91 Å². The average Bonchev–Trinajstić information content (AvgIpc) is 3.19. The van der Waals surface area contributed by atoms with Crippen LogP contribution >= 0.6 is 11.3 Å². The van der Waals surface area contributed by atoms with Gasteiger partial charge in [-0.15, -0.1) is 11.3 Å². The number of rotatable bonds is 8. The number of aryl methyl sites for hydroxylation is 3. The van der Waals surface area contributed by atoms with Crippen molar-refractivity contribution in [3.8, 4) is 0 Å². The summed E-state index contributed by atoms with van der Waals surface area (Å²) in [5, 5.41) is 2.37. The molecule has 0 aliphatic carbocycles. The minimum atomic E-state index is -0.789. The number of hydrogen-bond donors (Lipinski definition) is 1. The number of esters is 2. The van der Waals surface area contributed by atoms with Crippen molar-refractivity contribution < 1.29 is 33.1 Å². The number of carbonyl (C=O) groups is 4. The summed E-state index contributed by atoms with van der Waals surface area (Å²) >= 11 is 1.32. The Morgan fingerprint density at radius 2 is 1.76 bits per heavy atom. The number of ether oxygens (including phenoxy) is 2. The largest absolute Gasteiger partial charge is 0.462 e. The average molecular weight is 421 g/mol. The molecule has 2 rings (SSSR count). The highest BCUT2D eigenvalue weighted by molar-refractivity contribution is 7.14. The maximum atomic E-state index is 12.2. The quantitative estimate of drug-likeness (QED) is 0.511. The van der Waals surface area contributed by atoms with E-state index in [1.807, 2.05) is 13.8 Å². The van der Waals surface area contributed by atoms with Gasteiger partial charge in [-0.2, -0.15) is 0 Å². The van der Waals surface area contributed by atoms with Crippen molar-refractivity contribution in [1.29, 1.82) is 0 Å². The van der Waals surface area contributed by atoms with Gasteiger partial charge < -0.3 is 13.9 Å². The molecule has 8 nitrogen and oxygen atoms in total. The van der Waals surface area contributed by atoms with E-state index in [2.05, 4.69) is 5.32 Å². The molecule has 0 spiro atoms. The van der Waals surface area contributed by atoms with Gasteiger partial charge in [-0.05, 0) is 45.7 Å². The molecular weight excluding hydrogens is 398 g/mol. The van der Waals surface area contributed by atoms with Crippen LogP contribution in [0.15, 0.2) is 10.5 Å². The molecule has 2 heterocycles. The predicted molar refractivity (Wildman–Crippen MR) is 107 cm³/mol. The summed E-state index contributed by atoms with van der Waals surface area (Å²) in [5.74, 6) is -2.55. The fourth-order valence-electron chi connectivity index (χ4n) is 2.79. The SMILES string of the molecule is CCOC(=O)c1c(NC(=O)COC(=O)c2cc(C)c(CC)s2)oc(C)c1C(C)=O. The van der Waals surface area contributed by atoms with Gasteiger partial charge in [-0.25, -0.2) is 9.59 Å². The highest BCUT2D eigenvalue weighted by Crippen LogP contribution is 2.28. The number of anilines is 1. The Bertz CT molecular complexity index is 954. The number of nitrogens with one attached hydrogen (secondary N) is 1. The molecule has 9 heteroatoms. The Kier molecular flexibility index (Phi) is 7.33. The molecule has 0 unspecified atom stereocenters. The zero-order chi connectivity index (χ0) is 21.7. The normalized spacial score (nSPS) is 10.5. The third kappa shape index (κ3) is 5.11. The van der Waals surface area contributed by atoms with E-state index in [-0.39, 0.29) is 29.4 Å². The van der Waals surface area contributed by atoms with Crippen molar-refractivity contribution in [3.05, 3.63) is 38.3 Å². The summed E-state index contributed by atoms with van der Waals surface area (Å²) < 4.78 is 15.4. The number of carbonyl (C=O) groups excluding carboxylic acids is 4. The maximum absolute atomic E-state index is 12.2. The number of amides is 1. The van der Waals surface area contributed by atoms with Crippen LogP contribution in [0, 0.1) is 13.8 Å². The molecule has 156 valence electrons. The van der Waals surface area contributed by atoms with Crippen LogP contribution < -0.4 is 5.32 Å². The molecule has 2 aromatic rings. The van der Waals surface area contributed by atoms with Gasteiger partial charge in [-0.3, -0.25) is 14.9 Å². The van der Waals surface area contributed by atoms with Crippen molar-refractivity contribution >= 4 is 40.9 Å². The maximum Gasteiger partial charge on any atom is 0.348 e. The van der Waals surface area contributed by atoms with E-state index in [0.29, 0.717) is 4.88 Å². The lowest BCUT2D eigenvalue weighted by molar-refractivity contribution is -0.119. The molecule has 0 atom stereocenters. The van der Waals surface area contributed by atoms with E-state index in [0.717, 1.165) is 16.9 Å². The van der Waals surface area contributed by atoms with Crippen LogP contribution in [0.1, 0.15) is 67.4 Å². The van der Waals surface area contributed by atoms with E-state index in [9.17, 15) is 19.2 Å². The summed E-state index contributed by atoms with van der Waals surface area (Å²) in [4.78, 5) is 50.0. The second-order valence-corrected chi connectivity index (χ2v) is 7.35. The van der Waals surface area contributed by atoms with Crippen molar-refractivity contribution in [2.24, 2.45) is 0 Å². The summed E-state index contributed by atoms with van der Waals surface area (Å²) in [7, 11) is 0. The number of thiophene rings is 1. The van der Waals surface area contributed by atoms with E-state index in [1.165, 1.54) is 25.2 Å². The molecule has 29 heavy (non-hydrogen) atoms. The fourth-order valence-corrected chi connectivity index (χ4v) is 3.80. The lowest BCUT2D eigenvalue weighted by Crippen LogP contribution is -2.22. The molecule has 0 saturated carbocycles. The minimum absolute atomic E-state index is 0.0388. The fraction of sp³-hybridized carbons (Fsp3) is 0.400. The molecule has 1 N–H and O–H groups in total. The van der Waals surface area contributed by atoms with E-state index in [4.69, 9.17) is 13.9 Å². The molecule has 0 fully saturated rings. The van der Waals surface area contributed by atoms with Crippen molar-refractivity contribution in [2.75, 3.05) is 18.5 Å². The van der Waals surface area contributed by atoms with Crippen LogP contribution in [0.4, 0.5) is 5.88 Å². The first-order valence-corrected chi connectivity index (χ1v) is 9.88. The van der Waals surface area contributed by atoms with E-state index >= 15 is 0 Å². The molecule has 0 aliphatic heterocycles. The smallest absolute Gasteiger partial charge is 0.348 e. The number of hydrogen-bond acceptors (Lipinski definition) is 8. The predicted octanol–water partition coefficient (Wildman–Crippen LogP) is 3.70. The van der Waals surface area contributed by atoms with Crippen LogP contribution in [-0.2, 0) is 20.7 Å². The summed E-state index contributed by atoms with van der Waals surface area (Å²) in [6, 6.07) is 1.72. The molecule has 1 amide bonds. The van der Waals surface area contributed by atoms with Gasteiger partial charge in [0.05, 0.1) is 12.2 Å². The Morgan fingerprint density at radius 3 is 2.31 bits per heavy atom. The lowest BCUT2D eigenvalue weighted by atomic mass is 10.1. The van der Waals surface area contributed by atoms with Gasteiger partial charge in [0.2, 0.25) is 5.88 Å². The van der Waals surface area contributed by atoms with Crippen molar-refractivity contribution in [1.82, 2.24) is 0 Å². The number of ketones is 1. The summed E-state index contributed by atoms with van der Waals surface area (Å²) in [6.45, 7) is 7.80. The molecule has 0 saturated heterocycles. The van der Waals surface area contributed by atoms with Gasteiger partial charge in [-0.1, -0.05) is 6.92 Å². The zero-order valence-electron chi connectivity index (χ0n) is 17.0. The molecule has 0 aliphatic rings. The van der Waals surface area contributed by atoms with Gasteiger partial charge in [0.15, 0.2) is 12.4 Å². The topological polar surface area (TPSA) is 112 Å². The van der Waals surface area contributed by atoms with Crippen LogP contribution in [0.3, 0.4) is 0 Å². The van der Waals surface area contributed by atoms with E-state index < -0.39 is 30.2 Å². The third-order valence-corrected chi connectivity index (χ3v) is 5.41. The first kappa shape index (κ1) is 22.4. The summed E-state index contributed by atoms with van der Waals surface area (Å²) in [6.07, 6.45) is 0.803. The lowest BCUT2D eigenvalue weighted by Gasteiger charge is -2.06. The van der Waals surface area contributed by atoms with Crippen LogP contribution in [0.2, 0.25) is 0 Å². The van der Waals surface area contributed by atoms with Crippen molar-refractivity contribution in [2.45, 2.75) is 41.0 Å². The molecule has 0 radical (unpaired) electrons. The Labute approximate surface area is 172 Å². The van der Waals surface area contributed by atoms with Gasteiger partial charge in [0, 0.05) is 4.88 Å². The molecule has 0 aromatic carbocycles.